The minimum absolute atomic E-state index is 0.0349. The molecule has 136 valence electrons. The Balaban J connectivity index is 1.62. The molecule has 4 fully saturated rings. The maximum atomic E-state index is 12.8. The molecule has 1 aromatic rings. The Hall–Kier alpha value is -1.83. The van der Waals surface area contributed by atoms with Gasteiger partial charge in [0, 0.05) is 12.1 Å². The predicted octanol–water partition coefficient (Wildman–Crippen LogP) is 3.97. The van der Waals surface area contributed by atoms with E-state index in [2.05, 4.69) is 5.32 Å². The first kappa shape index (κ1) is 16.6. The van der Waals surface area contributed by atoms with Gasteiger partial charge in [0.15, 0.2) is 0 Å². The molecule has 0 aromatic heterocycles. The smallest absolute Gasteiger partial charge is 0.390 e. The molecule has 25 heavy (non-hydrogen) atoms. The summed E-state index contributed by atoms with van der Waals surface area (Å²) in [5, 5.41) is 25.0. The second-order valence-corrected chi connectivity index (χ2v) is 7.85. The van der Waals surface area contributed by atoms with Gasteiger partial charge in [0.05, 0.1) is 16.1 Å². The molecule has 1 aromatic carbocycles. The zero-order valence-electron chi connectivity index (χ0n) is 13.4. The van der Waals surface area contributed by atoms with E-state index in [0.29, 0.717) is 24.8 Å². The number of anilines is 1. The number of rotatable bonds is 3. The summed E-state index contributed by atoms with van der Waals surface area (Å²) in [7, 11) is 0. The molecule has 0 heterocycles. The Morgan fingerprint density at radius 2 is 1.84 bits per heavy atom. The summed E-state index contributed by atoms with van der Waals surface area (Å²) < 4.78 is 38.5. The molecule has 8 heteroatoms. The normalized spacial score (nSPS) is 36.5. The van der Waals surface area contributed by atoms with Crippen LogP contribution >= 0.6 is 0 Å². The molecule has 4 aliphatic carbocycles. The summed E-state index contributed by atoms with van der Waals surface area (Å²) in [6, 6.07) is 2.58. The van der Waals surface area contributed by atoms with Gasteiger partial charge in [0.1, 0.15) is 5.69 Å². The molecule has 5 rings (SSSR count). The van der Waals surface area contributed by atoms with Crippen LogP contribution in [0.1, 0.15) is 37.7 Å². The number of benzene rings is 1. The highest BCUT2D eigenvalue weighted by atomic mass is 19.4. The van der Waals surface area contributed by atoms with Crippen LogP contribution in [0.15, 0.2) is 18.2 Å². The summed E-state index contributed by atoms with van der Waals surface area (Å²) >= 11 is 0. The Kier molecular flexibility index (Phi) is 3.55. The summed E-state index contributed by atoms with van der Waals surface area (Å²) in [6.07, 6.45) is -0.545. The zero-order valence-corrected chi connectivity index (χ0v) is 13.4. The van der Waals surface area contributed by atoms with Gasteiger partial charge in [-0.1, -0.05) is 0 Å². The molecule has 4 bridgehead atoms. The van der Waals surface area contributed by atoms with Crippen molar-refractivity contribution in [1.82, 2.24) is 0 Å². The third-order valence-corrected chi connectivity index (χ3v) is 6.08. The van der Waals surface area contributed by atoms with Crippen LogP contribution in [0.25, 0.3) is 0 Å². The second-order valence-electron chi connectivity index (χ2n) is 7.85. The van der Waals surface area contributed by atoms with Gasteiger partial charge in [-0.2, -0.15) is 13.2 Å². The van der Waals surface area contributed by atoms with Crippen LogP contribution in [0.2, 0.25) is 0 Å². The van der Waals surface area contributed by atoms with E-state index in [-0.39, 0.29) is 23.6 Å². The van der Waals surface area contributed by atoms with Crippen molar-refractivity contribution in [2.75, 3.05) is 5.32 Å². The second kappa shape index (κ2) is 5.33. The van der Waals surface area contributed by atoms with Crippen molar-refractivity contribution < 1.29 is 23.2 Å². The molecule has 0 amide bonds. The fraction of sp³-hybridized carbons (Fsp3) is 0.647. The first-order valence-corrected chi connectivity index (χ1v) is 8.49. The van der Waals surface area contributed by atoms with Gasteiger partial charge in [-0.3, -0.25) is 10.1 Å². The molecule has 2 atom stereocenters. The van der Waals surface area contributed by atoms with E-state index in [9.17, 15) is 28.4 Å². The Morgan fingerprint density at radius 3 is 2.36 bits per heavy atom. The van der Waals surface area contributed by atoms with Crippen LogP contribution < -0.4 is 5.32 Å². The maximum absolute atomic E-state index is 12.8. The van der Waals surface area contributed by atoms with E-state index in [1.54, 1.807) is 0 Å². The molecule has 0 spiro atoms. The monoisotopic (exact) mass is 356 g/mol. The topological polar surface area (TPSA) is 75.4 Å². The molecular weight excluding hydrogens is 337 g/mol. The predicted molar refractivity (Wildman–Crippen MR) is 84.0 cm³/mol. The Bertz CT molecular complexity index is 706. The number of nitrogens with one attached hydrogen (secondary N) is 1. The van der Waals surface area contributed by atoms with Crippen molar-refractivity contribution >= 4 is 11.4 Å². The number of nitrogens with zero attached hydrogens (tertiary/aromatic N) is 1. The van der Waals surface area contributed by atoms with Crippen molar-refractivity contribution in [3.63, 3.8) is 0 Å². The number of nitro groups is 1. The van der Waals surface area contributed by atoms with Gasteiger partial charge in [-0.25, -0.2) is 0 Å². The van der Waals surface area contributed by atoms with Crippen LogP contribution in [0.3, 0.4) is 0 Å². The summed E-state index contributed by atoms with van der Waals surface area (Å²) in [6.45, 7) is 0. The van der Waals surface area contributed by atoms with Crippen molar-refractivity contribution in [2.24, 2.45) is 17.8 Å². The van der Waals surface area contributed by atoms with E-state index in [1.165, 1.54) is 0 Å². The molecular formula is C17H19F3N2O3. The van der Waals surface area contributed by atoms with Crippen molar-refractivity contribution in [3.05, 3.63) is 33.9 Å². The van der Waals surface area contributed by atoms with Gasteiger partial charge >= 0.3 is 6.18 Å². The number of hydrogen-bond donors (Lipinski definition) is 2. The van der Waals surface area contributed by atoms with Crippen LogP contribution in [0.5, 0.6) is 0 Å². The number of aliphatic hydroxyl groups is 1. The third-order valence-electron chi connectivity index (χ3n) is 6.08. The lowest BCUT2D eigenvalue weighted by Gasteiger charge is -2.58. The average molecular weight is 356 g/mol. The maximum Gasteiger partial charge on any atom is 0.416 e. The van der Waals surface area contributed by atoms with E-state index >= 15 is 0 Å². The third kappa shape index (κ3) is 2.86. The Labute approximate surface area is 142 Å². The van der Waals surface area contributed by atoms with Gasteiger partial charge in [0.25, 0.3) is 5.69 Å². The minimum atomic E-state index is -4.62. The van der Waals surface area contributed by atoms with Gasteiger partial charge in [-0.05, 0) is 62.0 Å². The van der Waals surface area contributed by atoms with Crippen LogP contribution in [-0.4, -0.2) is 21.7 Å². The average Bonchev–Trinajstić information content (AvgIpc) is 2.48. The van der Waals surface area contributed by atoms with E-state index in [1.807, 2.05) is 0 Å². The number of hydrogen-bond acceptors (Lipinski definition) is 4. The highest BCUT2D eigenvalue weighted by Crippen LogP contribution is 2.56. The quantitative estimate of drug-likeness (QED) is 0.635. The fourth-order valence-corrected chi connectivity index (χ4v) is 5.38. The molecule has 0 radical (unpaired) electrons. The summed E-state index contributed by atoms with van der Waals surface area (Å²) in [4.78, 5) is 10.5. The molecule has 4 aliphatic rings. The minimum Gasteiger partial charge on any atom is -0.390 e. The lowest BCUT2D eigenvalue weighted by atomic mass is 9.52. The molecule has 0 aliphatic heterocycles. The van der Waals surface area contributed by atoms with Gasteiger partial charge in [-0.15, -0.1) is 0 Å². The van der Waals surface area contributed by atoms with Crippen LogP contribution in [-0.2, 0) is 6.18 Å². The van der Waals surface area contributed by atoms with Crippen molar-refractivity contribution in [3.8, 4) is 0 Å². The highest BCUT2D eigenvalue weighted by Gasteiger charge is 2.54. The SMILES string of the molecule is O=[N+]([O-])c1cc(C(F)(F)F)ccc1NC1C2CC3CC1CC(O)(C3)C2. The molecule has 0 saturated heterocycles. The van der Waals surface area contributed by atoms with Crippen LogP contribution in [0, 0.1) is 27.9 Å². The van der Waals surface area contributed by atoms with Gasteiger partial charge in [0.2, 0.25) is 0 Å². The lowest BCUT2D eigenvalue weighted by Crippen LogP contribution is -2.58. The zero-order chi connectivity index (χ0) is 18.0. The fourth-order valence-electron chi connectivity index (χ4n) is 5.38. The van der Waals surface area contributed by atoms with Crippen LogP contribution in [0.4, 0.5) is 24.5 Å². The Morgan fingerprint density at radius 1 is 1.20 bits per heavy atom. The van der Waals surface area contributed by atoms with Gasteiger partial charge < -0.3 is 10.4 Å². The highest BCUT2D eigenvalue weighted by molar-refractivity contribution is 5.63. The molecule has 5 nitrogen and oxygen atoms in total. The van der Waals surface area contributed by atoms with Crippen molar-refractivity contribution in [1.29, 1.82) is 0 Å². The molecule has 2 unspecified atom stereocenters. The van der Waals surface area contributed by atoms with Crippen molar-refractivity contribution in [2.45, 2.75) is 49.9 Å². The largest absolute Gasteiger partial charge is 0.416 e. The number of nitro benzene ring substituents is 1. The molecule has 2 N–H and O–H groups in total. The van der Waals surface area contributed by atoms with E-state index in [0.717, 1.165) is 31.4 Å². The first-order chi connectivity index (χ1) is 11.6. The number of halogens is 3. The summed E-state index contributed by atoms with van der Waals surface area (Å²) in [5.74, 6) is 0.902. The summed E-state index contributed by atoms with van der Waals surface area (Å²) in [5.41, 5.74) is -2.07. The number of alkyl halides is 3. The standard InChI is InChI=1S/C17H19F3N2O3/c18-17(19,20)12-1-2-13(14(5-12)22(24)25)21-15-10-3-9-4-11(15)8-16(23,6-9)7-10/h1-2,5,9-11,15,21,23H,3-4,6-8H2. The lowest BCUT2D eigenvalue weighted by molar-refractivity contribution is -0.384. The first-order valence-electron chi connectivity index (χ1n) is 8.49. The van der Waals surface area contributed by atoms with E-state index < -0.39 is 28.0 Å². The molecule has 4 saturated carbocycles. The van der Waals surface area contributed by atoms with E-state index in [4.69, 9.17) is 0 Å².